The van der Waals surface area contributed by atoms with E-state index < -0.39 is 6.61 Å². The number of anilines is 1. The number of hydrogen-bond acceptors (Lipinski definition) is 5. The number of likely N-dealkylation sites (N-methyl/N-ethyl adjacent to an activating group) is 1. The second kappa shape index (κ2) is 10.3. The Bertz CT molecular complexity index is 1550. The van der Waals surface area contributed by atoms with E-state index in [1.54, 1.807) is 35.8 Å². The number of nitrogens with one attached hydrogen (secondary N) is 1. The van der Waals surface area contributed by atoms with Crippen LogP contribution in [0, 0.1) is 0 Å². The van der Waals surface area contributed by atoms with E-state index in [0.717, 1.165) is 29.8 Å². The summed E-state index contributed by atoms with van der Waals surface area (Å²) in [5, 5.41) is 13.3. The Balaban J connectivity index is 1.47. The lowest BCUT2D eigenvalue weighted by molar-refractivity contribution is -0.127. The number of carbonyl (C=O) groups excluding carboxylic acids is 1. The Morgan fingerprint density at radius 3 is 2.42 bits per heavy atom. The highest BCUT2D eigenvalue weighted by Crippen LogP contribution is 2.28. The average Bonchev–Trinajstić information content (AvgIpc) is 3.35. The maximum absolute atomic E-state index is 13.0. The number of amides is 1. The Hall–Kier alpha value is -4.18. The van der Waals surface area contributed by atoms with Gasteiger partial charge in [0.15, 0.2) is 0 Å². The molecule has 0 spiro atoms. The van der Waals surface area contributed by atoms with Crippen LogP contribution in [0.25, 0.3) is 22.0 Å². The molecule has 3 aromatic carbocycles. The molecule has 0 radical (unpaired) electrons. The minimum atomic E-state index is -3.00. The predicted molar refractivity (Wildman–Crippen MR) is 140 cm³/mol. The second-order valence-corrected chi connectivity index (χ2v) is 9.42. The van der Waals surface area contributed by atoms with Crippen molar-refractivity contribution in [3.05, 3.63) is 82.1 Å². The smallest absolute Gasteiger partial charge is 0.387 e. The van der Waals surface area contributed by atoms with E-state index in [4.69, 9.17) is 4.74 Å². The molecule has 0 aliphatic carbocycles. The van der Waals surface area contributed by atoms with Crippen molar-refractivity contribution < 1.29 is 23.4 Å². The Morgan fingerprint density at radius 2 is 1.76 bits per heavy atom. The molecule has 2 heterocycles. The number of aliphatic hydroxyl groups is 1. The molecule has 0 bridgehead atoms. The molecule has 198 valence electrons. The molecule has 0 saturated carbocycles. The van der Waals surface area contributed by atoms with Crippen molar-refractivity contribution in [2.75, 3.05) is 18.9 Å². The third-order valence-corrected chi connectivity index (χ3v) is 6.99. The molecular weight excluding hydrogens is 494 g/mol. The van der Waals surface area contributed by atoms with E-state index in [2.05, 4.69) is 5.32 Å². The van der Waals surface area contributed by atoms with Gasteiger partial charge in [0, 0.05) is 31.9 Å². The van der Waals surface area contributed by atoms with Gasteiger partial charge in [0.2, 0.25) is 5.91 Å². The van der Waals surface area contributed by atoms with Crippen LogP contribution >= 0.6 is 0 Å². The Morgan fingerprint density at radius 1 is 1.03 bits per heavy atom. The summed E-state index contributed by atoms with van der Waals surface area (Å²) in [5.74, 6) is 0.0610. The quantitative estimate of drug-likeness (QED) is 0.368. The molecule has 10 heteroatoms. The number of carbonyl (C=O) groups is 1. The van der Waals surface area contributed by atoms with Crippen LogP contribution in [0.2, 0.25) is 0 Å². The lowest BCUT2D eigenvalue weighted by atomic mass is 10.0. The molecule has 2 N–H and O–H groups in total. The molecule has 1 aliphatic heterocycles. The first-order chi connectivity index (χ1) is 18.2. The van der Waals surface area contributed by atoms with Gasteiger partial charge < -0.3 is 20.1 Å². The first-order valence-corrected chi connectivity index (χ1v) is 12.2. The summed E-state index contributed by atoms with van der Waals surface area (Å²) in [5.41, 5.74) is 4.00. The minimum absolute atomic E-state index is 0.0160. The van der Waals surface area contributed by atoms with Crippen LogP contribution in [0.3, 0.4) is 0 Å². The monoisotopic (exact) mass is 522 g/mol. The number of likely N-dealkylation sites (tertiary alicyclic amines) is 1. The van der Waals surface area contributed by atoms with Gasteiger partial charge >= 0.3 is 6.61 Å². The molecule has 1 atom stereocenters. The zero-order valence-electron chi connectivity index (χ0n) is 21.0. The summed E-state index contributed by atoms with van der Waals surface area (Å²) in [4.78, 5) is 26.9. The summed E-state index contributed by atoms with van der Waals surface area (Å²) < 4.78 is 33.9. The zero-order chi connectivity index (χ0) is 27.0. The molecule has 1 unspecified atom stereocenters. The normalized spacial score (nSPS) is 15.6. The van der Waals surface area contributed by atoms with Gasteiger partial charge in [-0.05, 0) is 59.5 Å². The van der Waals surface area contributed by atoms with Crippen molar-refractivity contribution in [1.29, 1.82) is 0 Å². The number of halogens is 2. The van der Waals surface area contributed by atoms with Crippen molar-refractivity contribution >= 4 is 22.5 Å². The van der Waals surface area contributed by atoms with Crippen LogP contribution in [0.1, 0.15) is 17.5 Å². The molecule has 1 saturated heterocycles. The first kappa shape index (κ1) is 25.5. The SMILES string of the molecule is CN1CCC(Nc2ccc(-c3ccc4c(=O)n(C)n(Cc5cc(CO)ccc5OC(F)F)c4c3)cc2)C1=O. The predicted octanol–water partition coefficient (Wildman–Crippen LogP) is 3.79. The summed E-state index contributed by atoms with van der Waals surface area (Å²) in [6.45, 7) is -2.45. The van der Waals surface area contributed by atoms with Gasteiger partial charge in [-0.1, -0.05) is 24.3 Å². The van der Waals surface area contributed by atoms with Gasteiger partial charge in [-0.3, -0.25) is 19.0 Å². The summed E-state index contributed by atoms with van der Waals surface area (Å²) in [6, 6.07) is 17.5. The highest BCUT2D eigenvalue weighted by Gasteiger charge is 2.28. The van der Waals surface area contributed by atoms with E-state index >= 15 is 0 Å². The lowest BCUT2D eigenvalue weighted by Gasteiger charge is -2.15. The summed E-state index contributed by atoms with van der Waals surface area (Å²) in [6.07, 6.45) is 0.755. The van der Waals surface area contributed by atoms with Crippen molar-refractivity contribution in [3.8, 4) is 16.9 Å². The van der Waals surface area contributed by atoms with Gasteiger partial charge in [-0.2, -0.15) is 8.78 Å². The summed E-state index contributed by atoms with van der Waals surface area (Å²) >= 11 is 0. The maximum Gasteiger partial charge on any atom is 0.387 e. The highest BCUT2D eigenvalue weighted by molar-refractivity contribution is 5.87. The van der Waals surface area contributed by atoms with Gasteiger partial charge in [0.25, 0.3) is 5.56 Å². The van der Waals surface area contributed by atoms with E-state index in [0.29, 0.717) is 22.0 Å². The van der Waals surface area contributed by atoms with Gasteiger partial charge in [-0.15, -0.1) is 0 Å². The van der Waals surface area contributed by atoms with E-state index in [1.807, 2.05) is 36.4 Å². The standard InChI is InChI=1S/C28H28F2N4O4/c1-32-12-11-23(27(32)37)31-21-7-4-18(5-8-21)19-6-9-22-24(14-19)34(33(2)26(22)36)15-20-13-17(16-35)3-10-25(20)38-28(29)30/h3-10,13-14,23,28,31,35H,11-12,15-16H2,1-2H3. The van der Waals surface area contributed by atoms with Crippen molar-refractivity contribution in [2.24, 2.45) is 7.05 Å². The van der Waals surface area contributed by atoms with E-state index in [-0.39, 0.29) is 36.4 Å². The third-order valence-electron chi connectivity index (χ3n) is 6.99. The molecule has 5 rings (SSSR count). The maximum atomic E-state index is 13.0. The van der Waals surface area contributed by atoms with Crippen LogP contribution in [0.15, 0.2) is 65.5 Å². The molecule has 8 nitrogen and oxygen atoms in total. The minimum Gasteiger partial charge on any atom is -0.434 e. The van der Waals surface area contributed by atoms with Crippen LogP contribution < -0.4 is 15.6 Å². The fourth-order valence-corrected chi connectivity index (χ4v) is 4.89. The van der Waals surface area contributed by atoms with E-state index in [1.165, 1.54) is 16.8 Å². The summed E-state index contributed by atoms with van der Waals surface area (Å²) in [7, 11) is 3.41. The fraction of sp³-hybridized carbons (Fsp3) is 0.286. The van der Waals surface area contributed by atoms with Crippen LogP contribution in [-0.4, -0.2) is 51.5 Å². The highest BCUT2D eigenvalue weighted by atomic mass is 19.3. The number of rotatable bonds is 8. The molecule has 1 fully saturated rings. The number of nitrogens with zero attached hydrogens (tertiary/aromatic N) is 3. The number of fused-ring (bicyclic) bond motifs is 1. The number of alkyl halides is 2. The van der Waals surface area contributed by atoms with Crippen molar-refractivity contribution in [1.82, 2.24) is 14.3 Å². The molecule has 38 heavy (non-hydrogen) atoms. The Kier molecular flexibility index (Phi) is 6.90. The lowest BCUT2D eigenvalue weighted by Crippen LogP contribution is -2.30. The average molecular weight is 523 g/mol. The number of aliphatic hydroxyl groups excluding tert-OH is 1. The van der Waals surface area contributed by atoms with Crippen LogP contribution in [-0.2, 0) is 25.0 Å². The van der Waals surface area contributed by atoms with Crippen LogP contribution in [0.5, 0.6) is 5.75 Å². The van der Waals surface area contributed by atoms with Crippen molar-refractivity contribution in [2.45, 2.75) is 32.2 Å². The van der Waals surface area contributed by atoms with Gasteiger partial charge in [-0.25, -0.2) is 0 Å². The van der Waals surface area contributed by atoms with Gasteiger partial charge in [0.1, 0.15) is 11.8 Å². The van der Waals surface area contributed by atoms with Gasteiger partial charge in [0.05, 0.1) is 24.1 Å². The van der Waals surface area contributed by atoms with E-state index in [9.17, 15) is 23.5 Å². The molecule has 1 aromatic heterocycles. The number of aromatic nitrogens is 2. The molecule has 4 aromatic rings. The third kappa shape index (κ3) is 4.87. The largest absolute Gasteiger partial charge is 0.434 e. The fourth-order valence-electron chi connectivity index (χ4n) is 4.89. The first-order valence-electron chi connectivity index (χ1n) is 12.2. The topological polar surface area (TPSA) is 88.7 Å². The second-order valence-electron chi connectivity index (χ2n) is 9.42. The van der Waals surface area contributed by atoms with Crippen molar-refractivity contribution in [3.63, 3.8) is 0 Å². The molecular formula is C28H28F2N4O4. The zero-order valence-corrected chi connectivity index (χ0v) is 21.0. The number of ether oxygens (including phenoxy) is 1. The molecule has 1 amide bonds. The van der Waals surface area contributed by atoms with Crippen LogP contribution in [0.4, 0.5) is 14.5 Å². The molecule has 1 aliphatic rings. The number of benzene rings is 3. The number of hydrogen-bond donors (Lipinski definition) is 2. The Labute approximate surface area is 217 Å².